The lowest BCUT2D eigenvalue weighted by Crippen LogP contribution is -2.43. The van der Waals surface area contributed by atoms with Crippen molar-refractivity contribution in [2.24, 2.45) is 10.1 Å². The molecule has 3 atom stereocenters. The molecular weight excluding hydrogens is 540 g/mol. The van der Waals surface area contributed by atoms with Crippen molar-refractivity contribution in [1.82, 2.24) is 10.3 Å². The van der Waals surface area contributed by atoms with Crippen LogP contribution in [0.1, 0.15) is 41.1 Å². The minimum atomic E-state index is -1.14. The van der Waals surface area contributed by atoms with Gasteiger partial charge in [-0.2, -0.15) is 10.1 Å². The van der Waals surface area contributed by atoms with E-state index in [1.165, 1.54) is 11.8 Å². The number of rotatable bonds is 9. The summed E-state index contributed by atoms with van der Waals surface area (Å²) in [6, 6.07) is 23.6. The molecule has 5 rings (SSSR count). The van der Waals surface area contributed by atoms with Crippen molar-refractivity contribution in [2.45, 2.75) is 43.5 Å². The molecule has 41 heavy (non-hydrogen) atoms. The highest BCUT2D eigenvalue weighted by molar-refractivity contribution is 8.15. The zero-order chi connectivity index (χ0) is 28.9. The quantitative estimate of drug-likeness (QED) is 0.392. The number of methoxy groups -OCH3 is 1. The standard InChI is InChI=1S/C31H30N4O5S/c1-19-8-10-21(11-9-19)24-17-26(22-12-14-23(40-2)15-13-22)35(34-24)31-33-29(37)27(41-31)18-28(36)32-25(30(38)39)16-20-6-4-3-5-7-20/h3-15,25-27H,16-18H2,1-2H3,(H,32,36)(H,38,39)/t25-,26-,27+/m0/s1. The smallest absolute Gasteiger partial charge is 0.326 e. The first-order chi connectivity index (χ1) is 19.8. The van der Waals surface area contributed by atoms with Gasteiger partial charge in [0.05, 0.1) is 18.9 Å². The van der Waals surface area contributed by atoms with E-state index in [1.807, 2.05) is 73.7 Å². The van der Waals surface area contributed by atoms with Crippen LogP contribution in [0.4, 0.5) is 0 Å². The Labute approximate surface area is 242 Å². The number of hydrogen-bond donors (Lipinski definition) is 2. The Morgan fingerprint density at radius 2 is 1.78 bits per heavy atom. The Bertz CT molecular complexity index is 1490. The summed E-state index contributed by atoms with van der Waals surface area (Å²) in [6.45, 7) is 2.03. The molecule has 210 valence electrons. The number of carbonyl (C=O) groups excluding carboxylic acids is 2. The molecule has 3 aromatic carbocycles. The Hall–Kier alpha value is -4.44. The number of nitrogens with zero attached hydrogens (tertiary/aromatic N) is 3. The van der Waals surface area contributed by atoms with Crippen LogP contribution in [-0.4, -0.2) is 57.2 Å². The second kappa shape index (κ2) is 12.4. The van der Waals surface area contributed by atoms with Crippen LogP contribution in [0.5, 0.6) is 5.75 Å². The summed E-state index contributed by atoms with van der Waals surface area (Å²) >= 11 is 1.18. The molecule has 2 aliphatic rings. The van der Waals surface area contributed by atoms with Crippen LogP contribution in [0.15, 0.2) is 89.0 Å². The number of benzene rings is 3. The molecule has 0 saturated heterocycles. The van der Waals surface area contributed by atoms with Gasteiger partial charge >= 0.3 is 5.97 Å². The maximum atomic E-state index is 12.9. The van der Waals surface area contributed by atoms with E-state index < -0.39 is 29.1 Å². The summed E-state index contributed by atoms with van der Waals surface area (Å²) in [7, 11) is 1.61. The van der Waals surface area contributed by atoms with E-state index in [9.17, 15) is 19.5 Å². The zero-order valence-electron chi connectivity index (χ0n) is 22.7. The largest absolute Gasteiger partial charge is 0.497 e. The van der Waals surface area contributed by atoms with Gasteiger partial charge in [0.25, 0.3) is 5.91 Å². The fourth-order valence-corrected chi connectivity index (χ4v) is 5.83. The van der Waals surface area contributed by atoms with Crippen LogP contribution in [0.25, 0.3) is 0 Å². The number of carboxylic acid groups (broad SMARTS) is 1. The van der Waals surface area contributed by atoms with E-state index in [0.29, 0.717) is 11.6 Å². The number of aliphatic carboxylic acids is 1. The van der Waals surface area contributed by atoms with Gasteiger partial charge in [-0.1, -0.05) is 84.1 Å². The van der Waals surface area contributed by atoms with Gasteiger partial charge in [0, 0.05) is 19.3 Å². The molecule has 2 heterocycles. The molecule has 3 aromatic rings. The maximum absolute atomic E-state index is 12.9. The van der Waals surface area contributed by atoms with Crippen molar-refractivity contribution in [1.29, 1.82) is 0 Å². The number of aliphatic imine (C=N–C) groups is 1. The lowest BCUT2D eigenvalue weighted by Gasteiger charge is -2.23. The summed E-state index contributed by atoms with van der Waals surface area (Å²) in [4.78, 5) is 41.8. The van der Waals surface area contributed by atoms with E-state index >= 15 is 0 Å². The molecule has 0 aromatic heterocycles. The monoisotopic (exact) mass is 570 g/mol. The summed E-state index contributed by atoms with van der Waals surface area (Å²) in [5, 5.41) is 18.5. The third-order valence-corrected chi connectivity index (χ3v) is 8.15. The molecule has 2 N–H and O–H groups in total. The molecule has 0 spiro atoms. The van der Waals surface area contributed by atoms with Crippen LogP contribution in [0.2, 0.25) is 0 Å². The number of hydrogen-bond acceptors (Lipinski definition) is 7. The Morgan fingerprint density at radius 1 is 1.07 bits per heavy atom. The number of amides is 2. The first-order valence-electron chi connectivity index (χ1n) is 13.2. The molecule has 0 fully saturated rings. The minimum absolute atomic E-state index is 0.142. The Morgan fingerprint density at radius 3 is 2.44 bits per heavy atom. The average molecular weight is 571 g/mol. The maximum Gasteiger partial charge on any atom is 0.326 e. The van der Waals surface area contributed by atoms with Gasteiger partial charge in [-0.05, 0) is 35.7 Å². The number of thioether (sulfide) groups is 1. The average Bonchev–Trinajstić information content (AvgIpc) is 3.57. The van der Waals surface area contributed by atoms with Crippen molar-refractivity contribution in [3.05, 3.63) is 101 Å². The van der Waals surface area contributed by atoms with Gasteiger partial charge in [-0.25, -0.2) is 9.80 Å². The van der Waals surface area contributed by atoms with E-state index in [1.54, 1.807) is 24.3 Å². The van der Waals surface area contributed by atoms with Crippen molar-refractivity contribution >= 4 is 40.4 Å². The second-order valence-electron chi connectivity index (χ2n) is 9.94. The molecule has 10 heteroatoms. The van der Waals surface area contributed by atoms with Gasteiger partial charge in [0.15, 0.2) is 5.17 Å². The summed E-state index contributed by atoms with van der Waals surface area (Å²) in [5.41, 5.74) is 4.78. The number of nitrogens with one attached hydrogen (secondary N) is 1. The number of ether oxygens (including phenoxy) is 1. The number of carbonyl (C=O) groups is 3. The van der Waals surface area contributed by atoms with E-state index in [4.69, 9.17) is 9.84 Å². The molecule has 2 aliphatic heterocycles. The van der Waals surface area contributed by atoms with Crippen molar-refractivity contribution < 1.29 is 24.2 Å². The molecule has 0 radical (unpaired) electrons. The Balaban J connectivity index is 1.31. The molecule has 0 aliphatic carbocycles. The second-order valence-corrected chi connectivity index (χ2v) is 11.1. The highest BCUT2D eigenvalue weighted by atomic mass is 32.2. The normalized spacial score (nSPS) is 19.0. The predicted octanol–water partition coefficient (Wildman–Crippen LogP) is 4.35. The van der Waals surface area contributed by atoms with Gasteiger partial charge in [0.1, 0.15) is 17.0 Å². The third kappa shape index (κ3) is 6.66. The van der Waals surface area contributed by atoms with Crippen LogP contribution in [-0.2, 0) is 20.8 Å². The van der Waals surface area contributed by atoms with E-state index in [0.717, 1.165) is 33.7 Å². The van der Waals surface area contributed by atoms with Gasteiger partial charge < -0.3 is 15.2 Å². The van der Waals surface area contributed by atoms with E-state index in [2.05, 4.69) is 10.3 Å². The van der Waals surface area contributed by atoms with Crippen molar-refractivity contribution in [2.75, 3.05) is 7.11 Å². The number of hydrazone groups is 1. The molecule has 0 unspecified atom stereocenters. The zero-order valence-corrected chi connectivity index (χ0v) is 23.5. The lowest BCUT2D eigenvalue weighted by molar-refractivity contribution is -0.141. The first kappa shape index (κ1) is 28.1. The highest BCUT2D eigenvalue weighted by Crippen LogP contribution is 2.39. The molecule has 0 saturated carbocycles. The van der Waals surface area contributed by atoms with Crippen molar-refractivity contribution in [3.8, 4) is 5.75 Å². The fraction of sp³-hybridized carbons (Fsp3) is 0.258. The van der Waals surface area contributed by atoms with Crippen LogP contribution in [0.3, 0.4) is 0 Å². The SMILES string of the molecule is COc1ccc([C@@H]2CC(c3ccc(C)cc3)=NN2C2=NC(=O)[C@@H](CC(=O)N[C@@H](Cc3ccccc3)C(=O)O)S2)cc1. The number of aryl methyl sites for hydroxylation is 1. The summed E-state index contributed by atoms with van der Waals surface area (Å²) in [6.07, 6.45) is 0.558. The molecule has 9 nitrogen and oxygen atoms in total. The number of amidine groups is 1. The van der Waals surface area contributed by atoms with E-state index in [-0.39, 0.29) is 18.9 Å². The highest BCUT2D eigenvalue weighted by Gasteiger charge is 2.39. The van der Waals surface area contributed by atoms with Gasteiger partial charge in [0.2, 0.25) is 5.91 Å². The van der Waals surface area contributed by atoms with Gasteiger partial charge in [-0.15, -0.1) is 0 Å². The molecule has 0 bridgehead atoms. The van der Waals surface area contributed by atoms with Crippen LogP contribution >= 0.6 is 11.8 Å². The minimum Gasteiger partial charge on any atom is -0.497 e. The summed E-state index contributed by atoms with van der Waals surface area (Å²) in [5.74, 6) is -1.36. The van der Waals surface area contributed by atoms with Crippen molar-refractivity contribution in [3.63, 3.8) is 0 Å². The molecule has 2 amide bonds. The van der Waals surface area contributed by atoms with Crippen LogP contribution in [0, 0.1) is 6.92 Å². The Kier molecular flexibility index (Phi) is 8.49. The predicted molar refractivity (Wildman–Crippen MR) is 158 cm³/mol. The lowest BCUT2D eigenvalue weighted by atomic mass is 9.98. The third-order valence-electron chi connectivity index (χ3n) is 7.01. The topological polar surface area (TPSA) is 121 Å². The first-order valence-corrected chi connectivity index (χ1v) is 14.1. The number of carboxylic acids is 1. The van der Waals surface area contributed by atoms with Gasteiger partial charge in [-0.3, -0.25) is 9.59 Å². The van der Waals surface area contributed by atoms with Crippen LogP contribution < -0.4 is 10.1 Å². The fourth-order valence-electron chi connectivity index (χ4n) is 4.77. The molecular formula is C31H30N4O5S. The summed E-state index contributed by atoms with van der Waals surface area (Å²) < 4.78 is 5.31.